The van der Waals surface area contributed by atoms with E-state index >= 15 is 0 Å². The lowest BCUT2D eigenvalue weighted by Crippen LogP contribution is -2.41. The Balaban J connectivity index is 1.58. The van der Waals surface area contributed by atoms with Crippen molar-refractivity contribution in [3.8, 4) is 0 Å². The number of hydrogen-bond acceptors (Lipinski definition) is 4. The molecule has 5 nitrogen and oxygen atoms in total. The number of aromatic nitrogens is 1. The van der Waals surface area contributed by atoms with Gasteiger partial charge in [-0.05, 0) is 43.0 Å². The molecule has 0 radical (unpaired) electrons. The second-order valence-electron chi connectivity index (χ2n) is 5.07. The number of oxazole rings is 1. The molecule has 0 aliphatic heterocycles. The summed E-state index contributed by atoms with van der Waals surface area (Å²) in [5.41, 5.74) is 8.25. The van der Waals surface area contributed by atoms with Gasteiger partial charge in [-0.15, -0.1) is 0 Å². The van der Waals surface area contributed by atoms with E-state index in [4.69, 9.17) is 10.2 Å². The number of H-pyrrole nitrogens is 1. The van der Waals surface area contributed by atoms with E-state index in [1.54, 1.807) is 0 Å². The van der Waals surface area contributed by atoms with Crippen LogP contribution < -0.4 is 16.8 Å². The lowest BCUT2D eigenvalue weighted by atomic mass is 9.81. The van der Waals surface area contributed by atoms with Gasteiger partial charge in [-0.25, -0.2) is 4.79 Å². The van der Waals surface area contributed by atoms with Crippen molar-refractivity contribution in [1.82, 2.24) is 10.3 Å². The molecule has 1 saturated carbocycles. The number of nitrogens with one attached hydrogen (secondary N) is 2. The molecule has 1 aliphatic rings. The molecule has 18 heavy (non-hydrogen) atoms. The monoisotopic (exact) mass is 247 g/mol. The molecule has 96 valence electrons. The third-order valence-corrected chi connectivity index (χ3v) is 3.52. The summed E-state index contributed by atoms with van der Waals surface area (Å²) in [4.78, 5) is 13.7. The van der Waals surface area contributed by atoms with Crippen molar-refractivity contribution in [1.29, 1.82) is 0 Å². The van der Waals surface area contributed by atoms with Crippen molar-refractivity contribution < 1.29 is 4.42 Å². The molecule has 0 bridgehead atoms. The van der Waals surface area contributed by atoms with Crippen molar-refractivity contribution in [2.45, 2.75) is 25.4 Å². The Morgan fingerprint density at radius 1 is 1.44 bits per heavy atom. The number of aromatic amines is 1. The molecule has 5 heteroatoms. The average Bonchev–Trinajstić information content (AvgIpc) is 2.66. The first kappa shape index (κ1) is 11.5. The van der Waals surface area contributed by atoms with E-state index in [0.29, 0.717) is 11.6 Å². The molecule has 1 fully saturated rings. The zero-order valence-corrected chi connectivity index (χ0v) is 10.1. The highest BCUT2D eigenvalue weighted by Crippen LogP contribution is 2.24. The highest BCUT2D eigenvalue weighted by atomic mass is 16.4. The SMILES string of the molecule is NC1CC(CNCc2ccc3oc(=O)[nH]c3c2)C1. The highest BCUT2D eigenvalue weighted by molar-refractivity contribution is 5.72. The van der Waals surface area contributed by atoms with Crippen LogP contribution in [-0.4, -0.2) is 17.6 Å². The van der Waals surface area contributed by atoms with Crippen LogP contribution in [0.3, 0.4) is 0 Å². The molecule has 0 unspecified atom stereocenters. The van der Waals surface area contributed by atoms with Gasteiger partial charge in [0.05, 0.1) is 5.52 Å². The minimum absolute atomic E-state index is 0.404. The molecule has 0 amide bonds. The maximum Gasteiger partial charge on any atom is 0.417 e. The largest absolute Gasteiger partial charge is 0.417 e. The van der Waals surface area contributed by atoms with Crippen LogP contribution in [0.15, 0.2) is 27.4 Å². The first-order valence-corrected chi connectivity index (χ1v) is 6.29. The van der Waals surface area contributed by atoms with Gasteiger partial charge in [-0.2, -0.15) is 0 Å². The number of nitrogens with two attached hydrogens (primary N) is 1. The van der Waals surface area contributed by atoms with Crippen molar-refractivity contribution in [2.24, 2.45) is 11.7 Å². The summed E-state index contributed by atoms with van der Waals surface area (Å²) in [5.74, 6) is 0.316. The molecule has 4 N–H and O–H groups in total. The van der Waals surface area contributed by atoms with Crippen LogP contribution in [-0.2, 0) is 6.54 Å². The first-order chi connectivity index (χ1) is 8.70. The normalized spacial score (nSPS) is 23.2. The van der Waals surface area contributed by atoms with E-state index in [-0.39, 0.29) is 0 Å². The third kappa shape index (κ3) is 2.32. The molecular weight excluding hydrogens is 230 g/mol. The molecule has 1 heterocycles. The Kier molecular flexibility index (Phi) is 2.93. The molecule has 0 spiro atoms. The van der Waals surface area contributed by atoms with Crippen molar-refractivity contribution in [2.75, 3.05) is 6.54 Å². The number of fused-ring (bicyclic) bond motifs is 1. The lowest BCUT2D eigenvalue weighted by Gasteiger charge is -2.32. The summed E-state index contributed by atoms with van der Waals surface area (Å²) < 4.78 is 4.96. The van der Waals surface area contributed by atoms with Gasteiger partial charge in [0.2, 0.25) is 0 Å². The van der Waals surface area contributed by atoms with Gasteiger partial charge in [0.25, 0.3) is 0 Å². The molecule has 1 aliphatic carbocycles. The fraction of sp³-hybridized carbons (Fsp3) is 0.462. The standard InChI is InChI=1S/C13H17N3O2/c14-10-3-9(4-10)7-15-6-8-1-2-12-11(5-8)16-13(17)18-12/h1-2,5,9-10,15H,3-4,6-7,14H2,(H,16,17). The summed E-state index contributed by atoms with van der Waals surface area (Å²) in [6.45, 7) is 1.81. The Labute approximate surface area is 104 Å². The molecule has 0 saturated heterocycles. The van der Waals surface area contributed by atoms with Crippen LogP contribution in [0, 0.1) is 5.92 Å². The van der Waals surface area contributed by atoms with Crippen LogP contribution in [0.5, 0.6) is 0 Å². The van der Waals surface area contributed by atoms with Gasteiger partial charge >= 0.3 is 5.76 Å². The fourth-order valence-corrected chi connectivity index (χ4v) is 2.48. The van der Waals surface area contributed by atoms with Crippen LogP contribution >= 0.6 is 0 Å². The number of hydrogen-bond donors (Lipinski definition) is 3. The van der Waals surface area contributed by atoms with E-state index in [1.165, 1.54) is 0 Å². The lowest BCUT2D eigenvalue weighted by molar-refractivity contribution is 0.256. The molecular formula is C13H17N3O2. The second-order valence-corrected chi connectivity index (χ2v) is 5.07. The molecule has 1 aromatic heterocycles. The van der Waals surface area contributed by atoms with Gasteiger partial charge in [-0.3, -0.25) is 4.98 Å². The van der Waals surface area contributed by atoms with E-state index in [0.717, 1.165) is 42.9 Å². The van der Waals surface area contributed by atoms with Crippen LogP contribution in [0.4, 0.5) is 0 Å². The average molecular weight is 247 g/mol. The van der Waals surface area contributed by atoms with Crippen LogP contribution in [0.25, 0.3) is 11.1 Å². The summed E-state index contributed by atoms with van der Waals surface area (Å²) in [6, 6.07) is 6.14. The summed E-state index contributed by atoms with van der Waals surface area (Å²) >= 11 is 0. The molecule has 2 aromatic rings. The number of rotatable bonds is 4. The second kappa shape index (κ2) is 4.59. The maximum atomic E-state index is 11.0. The van der Waals surface area contributed by atoms with Crippen molar-refractivity contribution in [3.05, 3.63) is 34.3 Å². The van der Waals surface area contributed by atoms with Gasteiger partial charge in [0.15, 0.2) is 5.58 Å². The van der Waals surface area contributed by atoms with E-state index in [9.17, 15) is 4.79 Å². The quantitative estimate of drug-likeness (QED) is 0.751. The van der Waals surface area contributed by atoms with Crippen LogP contribution in [0.1, 0.15) is 18.4 Å². The zero-order chi connectivity index (χ0) is 12.5. The minimum atomic E-state index is -0.404. The minimum Gasteiger partial charge on any atom is -0.408 e. The van der Waals surface area contributed by atoms with Gasteiger partial charge in [0, 0.05) is 12.6 Å². The Morgan fingerprint density at radius 3 is 3.06 bits per heavy atom. The third-order valence-electron chi connectivity index (χ3n) is 3.52. The van der Waals surface area contributed by atoms with Gasteiger partial charge in [-0.1, -0.05) is 6.07 Å². The predicted molar refractivity (Wildman–Crippen MR) is 69.2 cm³/mol. The summed E-state index contributed by atoms with van der Waals surface area (Å²) in [7, 11) is 0. The van der Waals surface area contributed by atoms with E-state index in [1.807, 2.05) is 18.2 Å². The Hall–Kier alpha value is -1.59. The Bertz CT molecular complexity index is 596. The Morgan fingerprint density at radius 2 is 2.28 bits per heavy atom. The van der Waals surface area contributed by atoms with Crippen LogP contribution in [0.2, 0.25) is 0 Å². The zero-order valence-electron chi connectivity index (χ0n) is 10.1. The van der Waals surface area contributed by atoms with Crippen molar-refractivity contribution >= 4 is 11.1 Å². The first-order valence-electron chi connectivity index (χ1n) is 6.29. The smallest absolute Gasteiger partial charge is 0.408 e. The molecule has 1 aromatic carbocycles. The molecule has 0 atom stereocenters. The highest BCUT2D eigenvalue weighted by Gasteiger charge is 2.24. The summed E-state index contributed by atoms with van der Waals surface area (Å²) in [6.07, 6.45) is 2.25. The maximum absolute atomic E-state index is 11.0. The fourth-order valence-electron chi connectivity index (χ4n) is 2.48. The predicted octanol–water partition coefficient (Wildman–Crippen LogP) is 0.948. The molecule has 3 rings (SSSR count). The van der Waals surface area contributed by atoms with E-state index < -0.39 is 5.76 Å². The van der Waals surface area contributed by atoms with Gasteiger partial charge < -0.3 is 15.5 Å². The van der Waals surface area contributed by atoms with Gasteiger partial charge in [0.1, 0.15) is 0 Å². The number of benzene rings is 1. The van der Waals surface area contributed by atoms with Crippen molar-refractivity contribution in [3.63, 3.8) is 0 Å². The van der Waals surface area contributed by atoms with E-state index in [2.05, 4.69) is 10.3 Å². The summed E-state index contributed by atoms with van der Waals surface area (Å²) in [5, 5.41) is 3.42. The topological polar surface area (TPSA) is 84.0 Å².